The predicted molar refractivity (Wildman–Crippen MR) is 99.2 cm³/mol. The maximum atomic E-state index is 13.7. The van der Waals surface area contributed by atoms with Crippen LogP contribution < -0.4 is 5.32 Å². The SMILES string of the molecule is Cc1cccc(CC(=O)N2CCC(C(=O)Nc3c(F)cccc3F)CC2)c1. The van der Waals surface area contributed by atoms with Crippen molar-refractivity contribution in [2.24, 2.45) is 5.92 Å². The molecule has 1 heterocycles. The molecule has 27 heavy (non-hydrogen) atoms. The van der Waals surface area contributed by atoms with Crippen LogP contribution in [0.25, 0.3) is 0 Å². The molecule has 0 aromatic heterocycles. The average Bonchev–Trinajstić information content (AvgIpc) is 2.65. The Labute approximate surface area is 157 Å². The maximum absolute atomic E-state index is 13.7. The molecule has 2 aromatic carbocycles. The normalized spacial score (nSPS) is 14.9. The van der Waals surface area contributed by atoms with E-state index >= 15 is 0 Å². The predicted octanol–water partition coefficient (Wildman–Crippen LogP) is 3.69. The number of aryl methyl sites for hydroxylation is 1. The summed E-state index contributed by atoms with van der Waals surface area (Å²) in [6.45, 7) is 2.90. The van der Waals surface area contributed by atoms with Crippen LogP contribution in [0.15, 0.2) is 42.5 Å². The molecule has 0 saturated carbocycles. The van der Waals surface area contributed by atoms with Gasteiger partial charge in [-0.05, 0) is 37.5 Å². The van der Waals surface area contributed by atoms with E-state index < -0.39 is 23.2 Å². The van der Waals surface area contributed by atoms with Gasteiger partial charge in [-0.1, -0.05) is 35.9 Å². The van der Waals surface area contributed by atoms with Crippen molar-refractivity contribution in [2.75, 3.05) is 18.4 Å². The lowest BCUT2D eigenvalue weighted by atomic mass is 9.95. The van der Waals surface area contributed by atoms with E-state index in [0.717, 1.165) is 23.3 Å². The molecule has 0 aliphatic carbocycles. The largest absolute Gasteiger partial charge is 0.342 e. The van der Waals surface area contributed by atoms with Gasteiger partial charge in [0.15, 0.2) is 0 Å². The van der Waals surface area contributed by atoms with E-state index in [0.29, 0.717) is 32.4 Å². The first kappa shape index (κ1) is 19.0. The Kier molecular flexibility index (Phi) is 5.84. The molecule has 2 amide bonds. The number of nitrogens with one attached hydrogen (secondary N) is 1. The van der Waals surface area contributed by atoms with Gasteiger partial charge >= 0.3 is 0 Å². The van der Waals surface area contributed by atoms with Crippen LogP contribution in [-0.2, 0) is 16.0 Å². The summed E-state index contributed by atoms with van der Waals surface area (Å²) < 4.78 is 27.3. The zero-order valence-corrected chi connectivity index (χ0v) is 15.2. The fourth-order valence-electron chi connectivity index (χ4n) is 3.34. The minimum atomic E-state index is -0.797. The van der Waals surface area contributed by atoms with Gasteiger partial charge in [0, 0.05) is 19.0 Å². The minimum absolute atomic E-state index is 0.0274. The second-order valence-corrected chi connectivity index (χ2v) is 6.91. The Morgan fingerprint density at radius 1 is 1.07 bits per heavy atom. The molecule has 3 rings (SSSR count). The molecule has 0 radical (unpaired) electrons. The Balaban J connectivity index is 1.53. The number of anilines is 1. The number of likely N-dealkylation sites (tertiary alicyclic amines) is 1. The van der Waals surface area contributed by atoms with Gasteiger partial charge in [-0.25, -0.2) is 8.78 Å². The van der Waals surface area contributed by atoms with Crippen molar-refractivity contribution in [3.63, 3.8) is 0 Å². The molecule has 0 spiro atoms. The summed E-state index contributed by atoms with van der Waals surface area (Å²) in [6, 6.07) is 11.3. The summed E-state index contributed by atoms with van der Waals surface area (Å²) in [7, 11) is 0. The number of halogens is 2. The lowest BCUT2D eigenvalue weighted by Crippen LogP contribution is -2.42. The Hall–Kier alpha value is -2.76. The second kappa shape index (κ2) is 8.29. The fraction of sp³-hybridized carbons (Fsp3) is 0.333. The Morgan fingerprint density at radius 2 is 1.70 bits per heavy atom. The highest BCUT2D eigenvalue weighted by Gasteiger charge is 2.28. The molecule has 1 aliphatic heterocycles. The summed E-state index contributed by atoms with van der Waals surface area (Å²) >= 11 is 0. The van der Waals surface area contributed by atoms with E-state index in [9.17, 15) is 18.4 Å². The van der Waals surface area contributed by atoms with E-state index in [2.05, 4.69) is 5.32 Å². The van der Waals surface area contributed by atoms with Crippen LogP contribution in [0, 0.1) is 24.5 Å². The molecule has 2 aromatic rings. The van der Waals surface area contributed by atoms with Crippen LogP contribution in [0.1, 0.15) is 24.0 Å². The van der Waals surface area contributed by atoms with Gasteiger partial charge in [0.25, 0.3) is 0 Å². The number of rotatable bonds is 4. The third-order valence-corrected chi connectivity index (χ3v) is 4.87. The quantitative estimate of drug-likeness (QED) is 0.890. The molecule has 1 N–H and O–H groups in total. The van der Waals surface area contributed by atoms with Crippen LogP contribution in [0.2, 0.25) is 0 Å². The lowest BCUT2D eigenvalue weighted by Gasteiger charge is -2.31. The van der Waals surface area contributed by atoms with E-state index in [1.807, 2.05) is 31.2 Å². The van der Waals surface area contributed by atoms with Gasteiger partial charge in [-0.3, -0.25) is 9.59 Å². The zero-order valence-electron chi connectivity index (χ0n) is 15.2. The zero-order chi connectivity index (χ0) is 19.4. The molecule has 0 bridgehead atoms. The molecule has 1 aliphatic rings. The molecule has 1 fully saturated rings. The summed E-state index contributed by atoms with van der Waals surface area (Å²) in [5, 5.41) is 2.35. The number of nitrogens with zero attached hydrogens (tertiary/aromatic N) is 1. The first-order valence-corrected chi connectivity index (χ1v) is 9.02. The van der Waals surface area contributed by atoms with Crippen LogP contribution in [0.4, 0.5) is 14.5 Å². The molecular weight excluding hydrogens is 350 g/mol. The van der Waals surface area contributed by atoms with Crippen molar-refractivity contribution < 1.29 is 18.4 Å². The van der Waals surface area contributed by atoms with Crippen molar-refractivity contribution in [3.05, 3.63) is 65.2 Å². The number of para-hydroxylation sites is 1. The third-order valence-electron chi connectivity index (χ3n) is 4.87. The number of benzene rings is 2. The Bertz CT molecular complexity index is 826. The summed E-state index contributed by atoms with van der Waals surface area (Å²) in [5.74, 6) is -2.35. The van der Waals surface area contributed by atoms with E-state index in [-0.39, 0.29) is 11.8 Å². The third kappa shape index (κ3) is 4.70. The van der Waals surface area contributed by atoms with Gasteiger partial charge in [0.05, 0.1) is 6.42 Å². The van der Waals surface area contributed by atoms with Crippen LogP contribution in [0.5, 0.6) is 0 Å². The minimum Gasteiger partial charge on any atom is -0.342 e. The summed E-state index contributed by atoms with van der Waals surface area (Å²) in [6.07, 6.45) is 1.28. The van der Waals surface area contributed by atoms with E-state index in [4.69, 9.17) is 0 Å². The smallest absolute Gasteiger partial charge is 0.227 e. The molecule has 1 saturated heterocycles. The van der Waals surface area contributed by atoms with Gasteiger partial charge in [0.1, 0.15) is 17.3 Å². The monoisotopic (exact) mass is 372 g/mol. The lowest BCUT2D eigenvalue weighted by molar-refractivity contribution is -0.133. The van der Waals surface area contributed by atoms with Gasteiger partial charge in [-0.2, -0.15) is 0 Å². The highest BCUT2D eigenvalue weighted by molar-refractivity contribution is 5.93. The number of hydrogen-bond donors (Lipinski definition) is 1. The standard InChI is InChI=1S/C21H22F2N2O2/c1-14-4-2-5-15(12-14)13-19(26)25-10-8-16(9-11-25)21(27)24-20-17(22)6-3-7-18(20)23/h2-7,12,16H,8-11,13H2,1H3,(H,24,27). The number of carbonyl (C=O) groups is 2. The summed E-state index contributed by atoms with van der Waals surface area (Å²) in [4.78, 5) is 26.5. The molecule has 4 nitrogen and oxygen atoms in total. The highest BCUT2D eigenvalue weighted by atomic mass is 19.1. The number of carbonyl (C=O) groups excluding carboxylic acids is 2. The number of piperidine rings is 1. The molecule has 142 valence electrons. The Morgan fingerprint density at radius 3 is 2.33 bits per heavy atom. The first-order valence-electron chi connectivity index (χ1n) is 9.02. The molecule has 6 heteroatoms. The molecule has 0 atom stereocenters. The van der Waals surface area contributed by atoms with Crippen molar-refractivity contribution >= 4 is 17.5 Å². The highest BCUT2D eigenvalue weighted by Crippen LogP contribution is 2.23. The maximum Gasteiger partial charge on any atom is 0.227 e. The number of hydrogen-bond acceptors (Lipinski definition) is 2. The molecular formula is C21H22F2N2O2. The van der Waals surface area contributed by atoms with Crippen LogP contribution in [-0.4, -0.2) is 29.8 Å². The van der Waals surface area contributed by atoms with Gasteiger partial charge in [-0.15, -0.1) is 0 Å². The fourth-order valence-corrected chi connectivity index (χ4v) is 3.34. The number of amides is 2. The van der Waals surface area contributed by atoms with Gasteiger partial charge in [0.2, 0.25) is 11.8 Å². The van der Waals surface area contributed by atoms with Crippen molar-refractivity contribution in [3.8, 4) is 0 Å². The van der Waals surface area contributed by atoms with E-state index in [1.54, 1.807) is 4.90 Å². The van der Waals surface area contributed by atoms with Crippen LogP contribution in [0.3, 0.4) is 0 Å². The topological polar surface area (TPSA) is 49.4 Å². The van der Waals surface area contributed by atoms with Gasteiger partial charge < -0.3 is 10.2 Å². The van der Waals surface area contributed by atoms with Crippen molar-refractivity contribution in [2.45, 2.75) is 26.2 Å². The summed E-state index contributed by atoms with van der Waals surface area (Å²) in [5.41, 5.74) is 1.66. The molecule has 0 unspecified atom stereocenters. The average molecular weight is 372 g/mol. The van der Waals surface area contributed by atoms with Crippen molar-refractivity contribution in [1.29, 1.82) is 0 Å². The van der Waals surface area contributed by atoms with E-state index in [1.165, 1.54) is 6.07 Å². The van der Waals surface area contributed by atoms with Crippen LogP contribution >= 0.6 is 0 Å². The second-order valence-electron chi connectivity index (χ2n) is 6.91. The van der Waals surface area contributed by atoms with Crippen molar-refractivity contribution in [1.82, 2.24) is 4.90 Å². The first-order chi connectivity index (χ1) is 12.9.